The van der Waals surface area contributed by atoms with Crippen LogP contribution in [0.1, 0.15) is 84.6 Å². The first-order chi connectivity index (χ1) is 13.1. The number of ketones is 1. The number of carbonyl (C=O) groups excluding carboxylic acids is 1. The zero-order chi connectivity index (χ0) is 21.6. The number of carbonyl (C=O) groups is 1. The van der Waals surface area contributed by atoms with Gasteiger partial charge in [-0.05, 0) is 92.0 Å². The van der Waals surface area contributed by atoms with Crippen LogP contribution in [-0.4, -0.2) is 5.78 Å². The van der Waals surface area contributed by atoms with E-state index in [4.69, 9.17) is 5.73 Å². The Bertz CT molecular complexity index is 790. The highest BCUT2D eigenvalue weighted by Gasteiger charge is 2.18. The number of rotatable bonds is 8. The lowest BCUT2D eigenvalue weighted by Gasteiger charge is -2.18. The number of allylic oxidation sites excluding steroid dienone is 6. The Balaban J connectivity index is 3.72. The van der Waals surface area contributed by atoms with Crippen LogP contribution in [-0.2, 0) is 24.1 Å². The Morgan fingerprint density at radius 1 is 0.964 bits per heavy atom. The zero-order valence-corrected chi connectivity index (χ0v) is 19.4. The molecule has 0 atom stereocenters. The van der Waals surface area contributed by atoms with Gasteiger partial charge in [-0.1, -0.05) is 46.8 Å². The molecule has 1 rings (SSSR count). The lowest BCUT2D eigenvalue weighted by molar-refractivity contribution is -0.118. The maximum Gasteiger partial charge on any atom is 0.165 e. The highest BCUT2D eigenvalue weighted by molar-refractivity contribution is 6.01. The largest absolute Gasteiger partial charge is 0.402 e. The quantitative estimate of drug-likeness (QED) is 0.409. The minimum atomic E-state index is -0.0603. The first kappa shape index (κ1) is 23.9. The van der Waals surface area contributed by atoms with Crippen LogP contribution in [0.15, 0.2) is 40.6 Å². The van der Waals surface area contributed by atoms with Crippen molar-refractivity contribution in [2.45, 2.75) is 81.6 Å². The molecule has 2 nitrogen and oxygen atoms in total. The molecule has 0 saturated heterocycles. The molecule has 0 saturated carbocycles. The number of hydrogen-bond acceptors (Lipinski definition) is 2. The van der Waals surface area contributed by atoms with Crippen LogP contribution in [0.4, 0.5) is 0 Å². The summed E-state index contributed by atoms with van der Waals surface area (Å²) >= 11 is 0. The summed E-state index contributed by atoms with van der Waals surface area (Å²) in [6.45, 7) is 18.6. The first-order valence-corrected chi connectivity index (χ1v) is 10.6. The van der Waals surface area contributed by atoms with Crippen LogP contribution in [0.3, 0.4) is 0 Å². The van der Waals surface area contributed by atoms with E-state index in [2.05, 4.69) is 46.8 Å². The number of hydrogen-bond donors (Lipinski definition) is 1. The molecule has 2 N–H and O–H groups in total. The van der Waals surface area contributed by atoms with Gasteiger partial charge in [0.15, 0.2) is 5.78 Å². The standard InChI is InChI=1S/C26H39NO/c1-10-21-14-22(11-2)25(23(12-3)15-21)18(7)17(6)13-24(19(8)20(9)27)26(28)16(4)5/h13-16H,10-12,27H2,1-9H3/b18-17-,20-19+,24-13-. The molecular weight excluding hydrogens is 342 g/mol. The average Bonchev–Trinajstić information content (AvgIpc) is 2.68. The van der Waals surface area contributed by atoms with Crippen LogP contribution in [0.25, 0.3) is 5.57 Å². The molecule has 0 aliphatic heterocycles. The van der Waals surface area contributed by atoms with Crippen molar-refractivity contribution in [1.29, 1.82) is 0 Å². The lowest BCUT2D eigenvalue weighted by Crippen LogP contribution is -2.14. The van der Waals surface area contributed by atoms with E-state index in [0.29, 0.717) is 5.70 Å². The molecule has 0 bridgehead atoms. The molecule has 28 heavy (non-hydrogen) atoms. The van der Waals surface area contributed by atoms with Crippen LogP contribution in [0.5, 0.6) is 0 Å². The van der Waals surface area contributed by atoms with Gasteiger partial charge in [0.2, 0.25) is 0 Å². The fourth-order valence-electron chi connectivity index (χ4n) is 3.49. The summed E-state index contributed by atoms with van der Waals surface area (Å²) in [7, 11) is 0. The fraction of sp³-hybridized carbons (Fsp3) is 0.500. The second-order valence-corrected chi connectivity index (χ2v) is 8.04. The van der Waals surface area contributed by atoms with E-state index in [1.54, 1.807) is 0 Å². The lowest BCUT2D eigenvalue weighted by atomic mass is 9.86. The highest BCUT2D eigenvalue weighted by Crippen LogP contribution is 2.30. The third-order valence-electron chi connectivity index (χ3n) is 5.64. The molecule has 0 spiro atoms. The summed E-state index contributed by atoms with van der Waals surface area (Å²) in [6.07, 6.45) is 5.09. The van der Waals surface area contributed by atoms with Crippen molar-refractivity contribution in [3.8, 4) is 0 Å². The molecule has 0 amide bonds. The van der Waals surface area contributed by atoms with Crippen molar-refractivity contribution in [1.82, 2.24) is 0 Å². The molecule has 0 aromatic heterocycles. The van der Waals surface area contributed by atoms with Crippen LogP contribution < -0.4 is 5.73 Å². The smallest absolute Gasteiger partial charge is 0.165 e. The Kier molecular flexibility index (Phi) is 8.94. The average molecular weight is 382 g/mol. The van der Waals surface area contributed by atoms with Gasteiger partial charge < -0.3 is 5.73 Å². The SMILES string of the molecule is CCc1cc(CC)c(\C(C)=C(C)/C=C(C(=O)C(C)C)/C(C)=C(\C)N)c(CC)c1. The monoisotopic (exact) mass is 381 g/mol. The minimum absolute atomic E-state index is 0.0603. The Labute approximate surface area is 172 Å². The fourth-order valence-corrected chi connectivity index (χ4v) is 3.49. The maximum absolute atomic E-state index is 12.8. The summed E-state index contributed by atoms with van der Waals surface area (Å²) in [5.41, 5.74) is 16.2. The summed E-state index contributed by atoms with van der Waals surface area (Å²) in [5.74, 6) is 0.0807. The number of aryl methyl sites for hydroxylation is 3. The summed E-state index contributed by atoms with van der Waals surface area (Å²) in [6, 6.07) is 4.68. The van der Waals surface area contributed by atoms with Gasteiger partial charge in [0.1, 0.15) is 0 Å². The van der Waals surface area contributed by atoms with E-state index in [-0.39, 0.29) is 11.7 Å². The summed E-state index contributed by atoms with van der Waals surface area (Å²) in [4.78, 5) is 12.8. The number of benzene rings is 1. The van der Waals surface area contributed by atoms with Gasteiger partial charge in [-0.15, -0.1) is 0 Å². The Morgan fingerprint density at radius 2 is 1.46 bits per heavy atom. The first-order valence-electron chi connectivity index (χ1n) is 10.6. The van der Waals surface area contributed by atoms with E-state index < -0.39 is 0 Å². The molecule has 1 aromatic carbocycles. The molecule has 0 heterocycles. The van der Waals surface area contributed by atoms with Crippen molar-refractivity contribution in [3.05, 3.63) is 62.9 Å². The third-order valence-corrected chi connectivity index (χ3v) is 5.64. The topological polar surface area (TPSA) is 43.1 Å². The summed E-state index contributed by atoms with van der Waals surface area (Å²) in [5, 5.41) is 0. The van der Waals surface area contributed by atoms with Crippen LogP contribution >= 0.6 is 0 Å². The number of nitrogens with two attached hydrogens (primary N) is 1. The Morgan fingerprint density at radius 3 is 1.82 bits per heavy atom. The number of Topliss-reactive ketones (excluding diaryl/α,β-unsaturated/α-hetero) is 1. The molecule has 0 aliphatic rings. The van der Waals surface area contributed by atoms with Crippen molar-refractivity contribution in [2.24, 2.45) is 11.7 Å². The third kappa shape index (κ3) is 5.47. The second kappa shape index (κ2) is 10.5. The van der Waals surface area contributed by atoms with Crippen molar-refractivity contribution >= 4 is 11.4 Å². The van der Waals surface area contributed by atoms with Gasteiger partial charge in [-0.3, -0.25) is 4.79 Å². The molecular formula is C26H39NO. The highest BCUT2D eigenvalue weighted by atomic mass is 16.1. The van der Waals surface area contributed by atoms with Gasteiger partial charge in [0, 0.05) is 17.2 Å². The van der Waals surface area contributed by atoms with Gasteiger partial charge in [-0.25, -0.2) is 0 Å². The molecule has 1 aromatic rings. The Hall–Kier alpha value is -2.09. The molecule has 0 fully saturated rings. The van der Waals surface area contributed by atoms with E-state index in [1.807, 2.05) is 33.8 Å². The zero-order valence-electron chi connectivity index (χ0n) is 19.4. The molecule has 0 aliphatic carbocycles. The van der Waals surface area contributed by atoms with Crippen molar-refractivity contribution < 1.29 is 4.79 Å². The van der Waals surface area contributed by atoms with Crippen LogP contribution in [0, 0.1) is 5.92 Å². The molecule has 154 valence electrons. The van der Waals surface area contributed by atoms with Gasteiger partial charge in [0.25, 0.3) is 0 Å². The predicted molar refractivity (Wildman–Crippen MR) is 123 cm³/mol. The van der Waals surface area contributed by atoms with Gasteiger partial charge in [-0.2, -0.15) is 0 Å². The molecule has 0 unspecified atom stereocenters. The van der Waals surface area contributed by atoms with Gasteiger partial charge >= 0.3 is 0 Å². The second-order valence-electron chi connectivity index (χ2n) is 8.04. The van der Waals surface area contributed by atoms with E-state index in [9.17, 15) is 4.79 Å². The normalized spacial score (nSPS) is 14.1. The van der Waals surface area contributed by atoms with E-state index >= 15 is 0 Å². The van der Waals surface area contributed by atoms with E-state index in [0.717, 1.165) is 36.0 Å². The van der Waals surface area contributed by atoms with Crippen molar-refractivity contribution in [2.75, 3.05) is 0 Å². The summed E-state index contributed by atoms with van der Waals surface area (Å²) < 4.78 is 0. The maximum atomic E-state index is 12.8. The molecule has 0 radical (unpaired) electrons. The predicted octanol–water partition coefficient (Wildman–Crippen LogP) is 6.57. The van der Waals surface area contributed by atoms with Crippen LogP contribution in [0.2, 0.25) is 0 Å². The molecule has 2 heteroatoms. The van der Waals surface area contributed by atoms with Crippen molar-refractivity contribution in [3.63, 3.8) is 0 Å². The van der Waals surface area contributed by atoms with Gasteiger partial charge in [0.05, 0.1) is 0 Å². The minimum Gasteiger partial charge on any atom is -0.402 e. The van der Waals surface area contributed by atoms with E-state index in [1.165, 1.54) is 27.8 Å².